The lowest BCUT2D eigenvalue weighted by Crippen LogP contribution is -2.36. The minimum absolute atomic E-state index is 0.162. The predicted octanol–water partition coefficient (Wildman–Crippen LogP) is 4.38. The largest absolute Gasteiger partial charge is 0.497 e. The van der Waals surface area contributed by atoms with E-state index in [4.69, 9.17) is 9.47 Å². The molecular weight excluding hydrogens is 452 g/mol. The number of carbonyl (C=O) groups is 3. The summed E-state index contributed by atoms with van der Waals surface area (Å²) in [5.74, 6) is -0.351. The second-order valence-corrected chi connectivity index (χ2v) is 8.98. The number of hydrogen-bond acceptors (Lipinski definition) is 6. The third kappa shape index (κ3) is 5.46. The summed E-state index contributed by atoms with van der Waals surface area (Å²) >= 11 is 1.33. The van der Waals surface area contributed by atoms with E-state index in [0.717, 1.165) is 24.2 Å². The molecule has 34 heavy (non-hydrogen) atoms. The number of ether oxygens (including phenoxy) is 2. The van der Waals surface area contributed by atoms with Crippen molar-refractivity contribution >= 4 is 34.8 Å². The average Bonchev–Trinajstić information content (AvgIpc) is 3.57. The first-order chi connectivity index (χ1) is 16.5. The molecule has 0 unspecified atom stereocenters. The van der Waals surface area contributed by atoms with Crippen molar-refractivity contribution in [2.24, 2.45) is 0 Å². The van der Waals surface area contributed by atoms with Gasteiger partial charge in [-0.3, -0.25) is 9.59 Å². The molecule has 0 aliphatic heterocycles. The van der Waals surface area contributed by atoms with Gasteiger partial charge in [0.15, 0.2) is 6.61 Å². The Labute approximate surface area is 202 Å². The van der Waals surface area contributed by atoms with Crippen LogP contribution in [0.1, 0.15) is 38.4 Å². The number of nitrogens with zero attached hydrogens (tertiary/aromatic N) is 2. The summed E-state index contributed by atoms with van der Waals surface area (Å²) in [5.41, 5.74) is 1.64. The lowest BCUT2D eigenvalue weighted by atomic mass is 10.1. The number of amides is 2. The number of anilines is 1. The van der Waals surface area contributed by atoms with Crippen LogP contribution in [0.25, 0.3) is 0 Å². The molecule has 7 nitrogen and oxygen atoms in total. The first-order valence-corrected chi connectivity index (χ1v) is 11.9. The van der Waals surface area contributed by atoms with Crippen LogP contribution in [0.2, 0.25) is 0 Å². The van der Waals surface area contributed by atoms with Gasteiger partial charge in [0, 0.05) is 19.6 Å². The fraction of sp³-hybridized carbons (Fsp3) is 0.269. The van der Waals surface area contributed by atoms with Gasteiger partial charge in [0.2, 0.25) is 0 Å². The van der Waals surface area contributed by atoms with Crippen LogP contribution in [-0.4, -0.2) is 49.5 Å². The van der Waals surface area contributed by atoms with Gasteiger partial charge in [0.25, 0.3) is 11.8 Å². The summed E-state index contributed by atoms with van der Waals surface area (Å²) in [6.45, 7) is 0.0854. The van der Waals surface area contributed by atoms with E-state index in [-0.39, 0.29) is 30.0 Å². The van der Waals surface area contributed by atoms with Crippen molar-refractivity contribution in [2.45, 2.75) is 25.4 Å². The Morgan fingerprint density at radius 2 is 1.74 bits per heavy atom. The zero-order valence-electron chi connectivity index (χ0n) is 19.1. The van der Waals surface area contributed by atoms with Crippen LogP contribution in [0, 0.1) is 0 Å². The van der Waals surface area contributed by atoms with Crippen molar-refractivity contribution in [3.63, 3.8) is 0 Å². The van der Waals surface area contributed by atoms with Crippen LogP contribution in [0.4, 0.5) is 5.69 Å². The Hall–Kier alpha value is -3.65. The van der Waals surface area contributed by atoms with E-state index in [1.165, 1.54) is 16.2 Å². The van der Waals surface area contributed by atoms with Crippen molar-refractivity contribution < 1.29 is 23.9 Å². The molecule has 1 aliphatic rings. The number of carbonyl (C=O) groups excluding carboxylic acids is 3. The van der Waals surface area contributed by atoms with Crippen molar-refractivity contribution in [2.75, 3.05) is 25.7 Å². The minimum atomic E-state index is -0.644. The maximum Gasteiger partial charge on any atom is 0.340 e. The number of methoxy groups -OCH3 is 1. The van der Waals surface area contributed by atoms with Crippen LogP contribution < -0.4 is 9.64 Å². The Morgan fingerprint density at radius 3 is 2.38 bits per heavy atom. The van der Waals surface area contributed by atoms with Crippen LogP contribution in [-0.2, 0) is 16.1 Å². The van der Waals surface area contributed by atoms with E-state index >= 15 is 0 Å². The Balaban J connectivity index is 1.41. The van der Waals surface area contributed by atoms with Crippen LogP contribution in [0.15, 0.2) is 66.0 Å². The fourth-order valence-corrected chi connectivity index (χ4v) is 4.34. The zero-order chi connectivity index (χ0) is 24.1. The van der Waals surface area contributed by atoms with Gasteiger partial charge in [-0.2, -0.15) is 0 Å². The molecule has 8 heteroatoms. The van der Waals surface area contributed by atoms with Gasteiger partial charge in [-0.1, -0.05) is 30.3 Å². The van der Waals surface area contributed by atoms with Crippen LogP contribution >= 0.6 is 11.3 Å². The first kappa shape index (κ1) is 23.5. The summed E-state index contributed by atoms with van der Waals surface area (Å²) in [4.78, 5) is 42.3. The van der Waals surface area contributed by atoms with E-state index in [9.17, 15) is 14.4 Å². The van der Waals surface area contributed by atoms with Gasteiger partial charge in [-0.05, 0) is 54.1 Å². The molecule has 2 amide bonds. The summed E-state index contributed by atoms with van der Waals surface area (Å²) in [6.07, 6.45) is 1.88. The van der Waals surface area contributed by atoms with Crippen molar-refractivity contribution in [1.29, 1.82) is 0 Å². The lowest BCUT2D eigenvalue weighted by Gasteiger charge is -2.23. The number of rotatable bonds is 9. The molecule has 0 saturated heterocycles. The summed E-state index contributed by atoms with van der Waals surface area (Å²) < 4.78 is 10.6. The van der Waals surface area contributed by atoms with E-state index in [0.29, 0.717) is 17.1 Å². The molecule has 1 aromatic heterocycles. The topological polar surface area (TPSA) is 76.2 Å². The van der Waals surface area contributed by atoms with Gasteiger partial charge in [0.05, 0.1) is 23.2 Å². The van der Waals surface area contributed by atoms with Gasteiger partial charge in [-0.25, -0.2) is 4.79 Å². The maximum atomic E-state index is 12.9. The second-order valence-electron chi connectivity index (χ2n) is 8.04. The number of hydrogen-bond donors (Lipinski definition) is 0. The Morgan fingerprint density at radius 1 is 1.00 bits per heavy atom. The molecule has 2 aromatic carbocycles. The molecule has 1 saturated carbocycles. The molecule has 0 spiro atoms. The van der Waals surface area contributed by atoms with Crippen molar-refractivity contribution in [3.8, 4) is 5.75 Å². The van der Waals surface area contributed by atoms with E-state index in [1.807, 2.05) is 29.6 Å². The number of thiophene rings is 1. The molecule has 1 aliphatic carbocycles. The average molecular weight is 479 g/mol. The summed E-state index contributed by atoms with van der Waals surface area (Å²) in [6, 6.07) is 18.0. The molecule has 176 valence electrons. The van der Waals surface area contributed by atoms with Gasteiger partial charge < -0.3 is 19.3 Å². The predicted molar refractivity (Wildman–Crippen MR) is 130 cm³/mol. The molecule has 0 bridgehead atoms. The summed E-state index contributed by atoms with van der Waals surface area (Å²) in [5, 5.41) is 1.82. The second kappa shape index (κ2) is 10.5. The smallest absolute Gasteiger partial charge is 0.340 e. The highest BCUT2D eigenvalue weighted by molar-refractivity contribution is 7.12. The van der Waals surface area contributed by atoms with Gasteiger partial charge in [0.1, 0.15) is 5.75 Å². The SMILES string of the molecule is COc1ccc(CN(C(=O)COC(=O)c2ccccc2N(C)C(=O)c2cccs2)C2CC2)cc1. The molecule has 3 aromatic rings. The highest BCUT2D eigenvalue weighted by atomic mass is 32.1. The van der Waals surface area contributed by atoms with E-state index < -0.39 is 5.97 Å². The quantitative estimate of drug-likeness (QED) is 0.427. The third-order valence-electron chi connectivity index (χ3n) is 5.67. The molecule has 1 heterocycles. The van der Waals surface area contributed by atoms with Crippen LogP contribution in [0.5, 0.6) is 5.75 Å². The standard InChI is InChI=1S/C26H26N2O5S/c1-27(25(30)23-8-5-15-34-23)22-7-4-3-6-21(22)26(31)33-17-24(29)28(19-11-12-19)16-18-9-13-20(32-2)14-10-18/h3-10,13-15,19H,11-12,16-17H2,1-2H3. The normalized spacial score (nSPS) is 12.6. The number of esters is 1. The molecule has 0 atom stereocenters. The molecule has 4 rings (SSSR count). The van der Waals surface area contributed by atoms with Crippen molar-refractivity contribution in [3.05, 3.63) is 82.0 Å². The van der Waals surface area contributed by atoms with Crippen molar-refractivity contribution in [1.82, 2.24) is 4.90 Å². The fourth-order valence-electron chi connectivity index (χ4n) is 3.64. The Kier molecular flexibility index (Phi) is 7.27. The molecule has 0 N–H and O–H groups in total. The van der Waals surface area contributed by atoms with E-state index in [1.54, 1.807) is 55.5 Å². The zero-order valence-corrected chi connectivity index (χ0v) is 19.9. The molecule has 1 fully saturated rings. The van der Waals surface area contributed by atoms with E-state index in [2.05, 4.69) is 0 Å². The lowest BCUT2D eigenvalue weighted by molar-refractivity contribution is -0.135. The van der Waals surface area contributed by atoms with Gasteiger partial charge in [-0.15, -0.1) is 11.3 Å². The minimum Gasteiger partial charge on any atom is -0.497 e. The maximum absolute atomic E-state index is 12.9. The monoisotopic (exact) mass is 478 g/mol. The van der Waals surface area contributed by atoms with Crippen LogP contribution in [0.3, 0.4) is 0 Å². The number of para-hydroxylation sites is 1. The molecule has 0 radical (unpaired) electrons. The summed E-state index contributed by atoms with van der Waals surface area (Å²) in [7, 11) is 3.22. The van der Waals surface area contributed by atoms with Gasteiger partial charge >= 0.3 is 5.97 Å². The highest BCUT2D eigenvalue weighted by Crippen LogP contribution is 2.29. The highest BCUT2D eigenvalue weighted by Gasteiger charge is 2.33. The molecular formula is C26H26N2O5S. The third-order valence-corrected chi connectivity index (χ3v) is 6.53. The first-order valence-electron chi connectivity index (χ1n) is 11.0. The Bertz CT molecular complexity index is 1160. The number of benzene rings is 2.